The molecular weight excluding hydrogens is 517 g/mol. The lowest BCUT2D eigenvalue weighted by molar-refractivity contribution is -0.138. The number of nitrogens with zero attached hydrogens (tertiary/aromatic N) is 3. The van der Waals surface area contributed by atoms with Gasteiger partial charge in [0.25, 0.3) is 0 Å². The molecule has 2 N–H and O–H groups in total. The summed E-state index contributed by atoms with van der Waals surface area (Å²) in [5, 5.41) is 21.1. The van der Waals surface area contributed by atoms with Gasteiger partial charge in [0.05, 0.1) is 33.2 Å². The molecule has 0 saturated heterocycles. The van der Waals surface area contributed by atoms with E-state index in [1.165, 1.54) is 19.9 Å². The standard InChI is InChI=1S/C27H19F3N4O3S/c1-14-11-21(27(28,29)30)20(13-31)25(32-14)38-15(2)24(35)33-17-9-7-16(8-10-17)23-12-19(26(36)37)18-5-3-4-6-22(18)34-23/h3-12,15H,1-2H3,(H,33,35)(H,36,37). The van der Waals surface area contributed by atoms with Crippen LogP contribution in [0.4, 0.5) is 18.9 Å². The number of nitrogens with one attached hydrogen (secondary N) is 1. The monoisotopic (exact) mass is 536 g/mol. The summed E-state index contributed by atoms with van der Waals surface area (Å²) in [5.41, 5.74) is 0.491. The number of aromatic carboxylic acids is 1. The molecule has 0 spiro atoms. The van der Waals surface area contributed by atoms with Gasteiger partial charge in [0.1, 0.15) is 11.1 Å². The molecule has 2 heterocycles. The van der Waals surface area contributed by atoms with E-state index < -0.39 is 34.4 Å². The van der Waals surface area contributed by atoms with Crippen molar-refractivity contribution in [1.82, 2.24) is 9.97 Å². The number of fused-ring (bicyclic) bond motifs is 1. The molecule has 0 aliphatic heterocycles. The first-order valence-electron chi connectivity index (χ1n) is 11.2. The summed E-state index contributed by atoms with van der Waals surface area (Å²) in [4.78, 5) is 33.1. The largest absolute Gasteiger partial charge is 0.478 e. The lowest BCUT2D eigenvalue weighted by Crippen LogP contribution is -2.23. The number of thioether (sulfide) groups is 1. The summed E-state index contributed by atoms with van der Waals surface area (Å²) in [5.74, 6) is -1.58. The van der Waals surface area contributed by atoms with Crippen LogP contribution in [-0.4, -0.2) is 32.2 Å². The molecular formula is C27H19F3N4O3S. The number of carboxylic acid groups (broad SMARTS) is 1. The molecule has 0 bridgehead atoms. The Morgan fingerprint density at radius 2 is 1.76 bits per heavy atom. The Hall–Kier alpha value is -4.43. The van der Waals surface area contributed by atoms with E-state index in [4.69, 9.17) is 0 Å². The third kappa shape index (κ3) is 5.60. The number of benzene rings is 2. The molecule has 1 amide bonds. The molecule has 4 aromatic rings. The van der Waals surface area contributed by atoms with Crippen molar-refractivity contribution in [3.05, 3.63) is 83.0 Å². The van der Waals surface area contributed by atoms with Gasteiger partial charge in [0, 0.05) is 22.3 Å². The number of carboxylic acids is 1. The number of pyridine rings is 2. The highest BCUT2D eigenvalue weighted by molar-refractivity contribution is 8.00. The summed E-state index contributed by atoms with van der Waals surface area (Å²) < 4.78 is 40.1. The van der Waals surface area contributed by atoms with Crippen LogP contribution in [0.1, 0.15) is 34.1 Å². The van der Waals surface area contributed by atoms with Crippen molar-refractivity contribution < 1.29 is 27.9 Å². The number of aromatic nitrogens is 2. The number of aryl methyl sites for hydroxylation is 1. The number of para-hydroxylation sites is 1. The normalized spacial score (nSPS) is 12.1. The van der Waals surface area contributed by atoms with Crippen molar-refractivity contribution in [2.45, 2.75) is 30.3 Å². The topological polar surface area (TPSA) is 116 Å². The number of alkyl halides is 3. The van der Waals surface area contributed by atoms with Gasteiger partial charge in [-0.3, -0.25) is 4.79 Å². The minimum Gasteiger partial charge on any atom is -0.478 e. The van der Waals surface area contributed by atoms with Gasteiger partial charge >= 0.3 is 12.1 Å². The van der Waals surface area contributed by atoms with Gasteiger partial charge in [-0.2, -0.15) is 18.4 Å². The van der Waals surface area contributed by atoms with Gasteiger partial charge in [0.2, 0.25) is 5.91 Å². The van der Waals surface area contributed by atoms with E-state index in [-0.39, 0.29) is 16.3 Å². The van der Waals surface area contributed by atoms with Crippen LogP contribution in [-0.2, 0) is 11.0 Å². The van der Waals surface area contributed by atoms with E-state index in [9.17, 15) is 33.1 Å². The number of halogens is 3. The van der Waals surface area contributed by atoms with Crippen molar-refractivity contribution in [2.24, 2.45) is 0 Å². The molecule has 2 aromatic carbocycles. The van der Waals surface area contributed by atoms with E-state index in [0.717, 1.165) is 17.8 Å². The molecule has 0 aliphatic carbocycles. The maximum absolute atomic E-state index is 13.4. The van der Waals surface area contributed by atoms with Crippen LogP contribution in [0.5, 0.6) is 0 Å². The molecule has 2 aromatic heterocycles. The second-order valence-electron chi connectivity index (χ2n) is 8.30. The lowest BCUT2D eigenvalue weighted by atomic mass is 10.0. The van der Waals surface area contributed by atoms with Gasteiger partial charge in [-0.15, -0.1) is 0 Å². The van der Waals surface area contributed by atoms with Gasteiger partial charge in [-0.1, -0.05) is 42.1 Å². The summed E-state index contributed by atoms with van der Waals surface area (Å²) >= 11 is 0.761. The van der Waals surface area contributed by atoms with E-state index in [1.54, 1.807) is 54.6 Å². The molecule has 1 atom stereocenters. The molecule has 11 heteroatoms. The Morgan fingerprint density at radius 1 is 1.08 bits per heavy atom. The van der Waals surface area contributed by atoms with Gasteiger partial charge in [0.15, 0.2) is 0 Å². The quantitative estimate of drug-likeness (QED) is 0.277. The molecule has 1 unspecified atom stereocenters. The molecule has 0 radical (unpaired) electrons. The van der Waals surface area contributed by atoms with Gasteiger partial charge in [-0.05, 0) is 44.2 Å². The fourth-order valence-corrected chi connectivity index (χ4v) is 4.72. The fraction of sp³-hybridized carbons (Fsp3) is 0.148. The number of hydrogen-bond donors (Lipinski definition) is 2. The molecule has 7 nitrogen and oxygen atoms in total. The molecule has 4 rings (SSSR count). The van der Waals surface area contributed by atoms with Crippen molar-refractivity contribution >= 4 is 40.2 Å². The Labute approximate surface area is 219 Å². The third-order valence-electron chi connectivity index (χ3n) is 5.58. The zero-order chi connectivity index (χ0) is 27.6. The summed E-state index contributed by atoms with van der Waals surface area (Å²) in [7, 11) is 0. The number of rotatable bonds is 6. The van der Waals surface area contributed by atoms with E-state index in [2.05, 4.69) is 15.3 Å². The van der Waals surface area contributed by atoms with E-state index in [0.29, 0.717) is 27.8 Å². The zero-order valence-electron chi connectivity index (χ0n) is 20.0. The summed E-state index contributed by atoms with van der Waals surface area (Å²) in [6, 6.07) is 17.3. The predicted octanol–water partition coefficient (Wildman–Crippen LogP) is 6.31. The maximum atomic E-state index is 13.4. The number of amides is 1. The molecule has 0 aliphatic rings. The Bertz CT molecular complexity index is 1600. The highest BCUT2D eigenvalue weighted by atomic mass is 32.2. The minimum absolute atomic E-state index is 0.0791. The van der Waals surface area contributed by atoms with Crippen LogP contribution in [0.3, 0.4) is 0 Å². The number of carbonyl (C=O) groups excluding carboxylic acids is 1. The SMILES string of the molecule is Cc1cc(C(F)(F)F)c(C#N)c(SC(C)C(=O)Nc2ccc(-c3cc(C(=O)O)c4ccccc4n3)cc2)n1. The Balaban J connectivity index is 1.53. The number of hydrogen-bond acceptors (Lipinski definition) is 6. The van der Waals surface area contributed by atoms with Crippen molar-refractivity contribution in [3.8, 4) is 17.3 Å². The number of carbonyl (C=O) groups is 2. The summed E-state index contributed by atoms with van der Waals surface area (Å²) in [6.45, 7) is 2.88. The van der Waals surface area contributed by atoms with Crippen molar-refractivity contribution in [1.29, 1.82) is 5.26 Å². The highest BCUT2D eigenvalue weighted by Crippen LogP contribution is 2.37. The number of anilines is 1. The smallest absolute Gasteiger partial charge is 0.417 e. The van der Waals surface area contributed by atoms with Crippen LogP contribution >= 0.6 is 11.8 Å². The predicted molar refractivity (Wildman–Crippen MR) is 137 cm³/mol. The van der Waals surface area contributed by atoms with Crippen LogP contribution in [0.25, 0.3) is 22.2 Å². The molecule has 38 heavy (non-hydrogen) atoms. The highest BCUT2D eigenvalue weighted by Gasteiger charge is 2.36. The Kier molecular flexibility index (Phi) is 7.37. The number of nitriles is 1. The van der Waals surface area contributed by atoms with Crippen molar-refractivity contribution in [3.63, 3.8) is 0 Å². The first kappa shape index (κ1) is 26.6. The third-order valence-corrected chi connectivity index (χ3v) is 6.67. The maximum Gasteiger partial charge on any atom is 0.417 e. The second kappa shape index (κ2) is 10.5. The lowest BCUT2D eigenvalue weighted by Gasteiger charge is -2.16. The van der Waals surface area contributed by atoms with Crippen LogP contribution in [0.15, 0.2) is 65.7 Å². The van der Waals surface area contributed by atoms with Crippen LogP contribution in [0.2, 0.25) is 0 Å². The molecule has 0 fully saturated rings. The van der Waals surface area contributed by atoms with E-state index >= 15 is 0 Å². The Morgan fingerprint density at radius 3 is 2.39 bits per heavy atom. The second-order valence-corrected chi connectivity index (χ2v) is 9.63. The average Bonchev–Trinajstić information content (AvgIpc) is 2.87. The summed E-state index contributed by atoms with van der Waals surface area (Å²) in [6.07, 6.45) is -4.73. The zero-order valence-corrected chi connectivity index (χ0v) is 20.8. The average molecular weight is 537 g/mol. The first-order valence-corrected chi connectivity index (χ1v) is 12.1. The van der Waals surface area contributed by atoms with Crippen molar-refractivity contribution in [2.75, 3.05) is 5.32 Å². The molecule has 192 valence electrons. The first-order chi connectivity index (χ1) is 18.0. The van der Waals surface area contributed by atoms with Crippen LogP contribution < -0.4 is 5.32 Å². The van der Waals surface area contributed by atoms with E-state index in [1.807, 2.05) is 0 Å². The fourth-order valence-electron chi connectivity index (χ4n) is 3.75. The minimum atomic E-state index is -4.73. The van der Waals surface area contributed by atoms with Gasteiger partial charge < -0.3 is 10.4 Å². The van der Waals surface area contributed by atoms with Gasteiger partial charge in [-0.25, -0.2) is 14.8 Å². The molecule has 0 saturated carbocycles. The van der Waals surface area contributed by atoms with Crippen LogP contribution in [0, 0.1) is 18.3 Å².